The van der Waals surface area contributed by atoms with E-state index in [0.717, 1.165) is 40.8 Å². The fourth-order valence-corrected chi connectivity index (χ4v) is 7.58. The molecule has 2 aromatic carbocycles. The SMILES string of the molecule is CC(C)(C)C(c1cc(-c2cc(F)ccc2F)cn1Cc1ccccc1)N(CCC(NC(=O)C(CC(N)=O)N(C(=O)O)C(C)(C)C)C(=O)NCCNC(=O)CN1C(=O)C=CC1=O)C(=O)CO. The Morgan fingerprint density at radius 3 is 2.06 bits per heavy atom. The van der Waals surface area contributed by atoms with E-state index in [1.807, 2.05) is 51.1 Å². The molecule has 1 aliphatic heterocycles. The van der Waals surface area contributed by atoms with Crippen LogP contribution in [0.2, 0.25) is 0 Å². The molecule has 0 radical (unpaired) electrons. The van der Waals surface area contributed by atoms with Crippen LogP contribution in [-0.2, 0) is 40.1 Å². The molecule has 1 aromatic heterocycles. The first-order chi connectivity index (χ1) is 30.4. The van der Waals surface area contributed by atoms with E-state index in [0.29, 0.717) is 10.6 Å². The molecule has 350 valence electrons. The van der Waals surface area contributed by atoms with Crippen LogP contribution in [0, 0.1) is 17.0 Å². The summed E-state index contributed by atoms with van der Waals surface area (Å²) in [5.74, 6) is -7.21. The second kappa shape index (κ2) is 21.6. The van der Waals surface area contributed by atoms with E-state index in [1.165, 1.54) is 25.7 Å². The maximum atomic E-state index is 15.3. The fraction of sp³-hybridized carbons (Fsp3) is 0.422. The number of rotatable bonds is 20. The van der Waals surface area contributed by atoms with E-state index in [9.17, 15) is 53.0 Å². The van der Waals surface area contributed by atoms with Gasteiger partial charge in [-0.15, -0.1) is 0 Å². The van der Waals surface area contributed by atoms with Crippen molar-refractivity contribution < 1.29 is 57.4 Å². The van der Waals surface area contributed by atoms with Crippen LogP contribution in [0.5, 0.6) is 0 Å². The molecular formula is C45H56F2N8O10. The number of aromatic nitrogens is 1. The number of amides is 8. The average Bonchev–Trinajstić information content (AvgIpc) is 3.76. The molecule has 3 aromatic rings. The topological polar surface area (TPSA) is 254 Å². The second-order valence-corrected chi connectivity index (χ2v) is 17.5. The predicted octanol–water partition coefficient (Wildman–Crippen LogP) is 2.44. The summed E-state index contributed by atoms with van der Waals surface area (Å²) in [7, 11) is 0. The van der Waals surface area contributed by atoms with E-state index in [2.05, 4.69) is 16.0 Å². The van der Waals surface area contributed by atoms with Gasteiger partial charge in [-0.3, -0.25) is 43.4 Å². The third-order valence-electron chi connectivity index (χ3n) is 10.4. The van der Waals surface area contributed by atoms with Crippen molar-refractivity contribution in [2.45, 2.75) is 84.6 Å². The van der Waals surface area contributed by atoms with Crippen molar-refractivity contribution >= 4 is 47.4 Å². The first-order valence-corrected chi connectivity index (χ1v) is 20.7. The third-order valence-corrected chi connectivity index (χ3v) is 10.4. The Labute approximate surface area is 374 Å². The molecule has 18 nitrogen and oxygen atoms in total. The van der Waals surface area contributed by atoms with Crippen LogP contribution in [0.1, 0.15) is 71.7 Å². The van der Waals surface area contributed by atoms with Gasteiger partial charge in [-0.2, -0.15) is 0 Å². The Kier molecular flexibility index (Phi) is 16.9. The number of imide groups is 1. The van der Waals surface area contributed by atoms with Crippen LogP contribution in [0.3, 0.4) is 0 Å². The minimum Gasteiger partial charge on any atom is -0.465 e. The summed E-state index contributed by atoms with van der Waals surface area (Å²) in [5.41, 5.74) is 4.86. The van der Waals surface area contributed by atoms with E-state index >= 15 is 4.39 Å². The Bertz CT molecular complexity index is 2290. The average molecular weight is 907 g/mol. The van der Waals surface area contributed by atoms with Crippen molar-refractivity contribution in [2.24, 2.45) is 11.1 Å². The summed E-state index contributed by atoms with van der Waals surface area (Å²) in [5, 5.41) is 28.1. The molecule has 8 amide bonds. The normalized spacial score (nSPS) is 14.1. The number of nitrogens with one attached hydrogen (secondary N) is 3. The molecular weight excluding hydrogens is 851 g/mol. The fourth-order valence-electron chi connectivity index (χ4n) is 7.58. The first-order valence-electron chi connectivity index (χ1n) is 20.7. The number of carbonyl (C=O) groups is 8. The van der Waals surface area contributed by atoms with Gasteiger partial charge < -0.3 is 41.4 Å². The molecule has 20 heteroatoms. The van der Waals surface area contributed by atoms with Gasteiger partial charge in [0.25, 0.3) is 11.8 Å². The zero-order chi connectivity index (χ0) is 48.4. The lowest BCUT2D eigenvalue weighted by Gasteiger charge is -2.41. The molecule has 3 unspecified atom stereocenters. The number of halogens is 2. The van der Waals surface area contributed by atoms with Gasteiger partial charge in [-0.05, 0) is 62.4 Å². The predicted molar refractivity (Wildman–Crippen MR) is 232 cm³/mol. The lowest BCUT2D eigenvalue weighted by atomic mass is 9.82. The number of carbonyl (C=O) groups excluding carboxylic acids is 7. The highest BCUT2D eigenvalue weighted by molar-refractivity contribution is 6.14. The number of aliphatic hydroxyl groups excluding tert-OH is 1. The molecule has 0 bridgehead atoms. The van der Waals surface area contributed by atoms with Crippen LogP contribution in [-0.4, -0.2) is 127 Å². The van der Waals surface area contributed by atoms with Crippen molar-refractivity contribution in [1.29, 1.82) is 0 Å². The molecule has 0 saturated heterocycles. The van der Waals surface area contributed by atoms with E-state index in [4.69, 9.17) is 5.73 Å². The summed E-state index contributed by atoms with van der Waals surface area (Å²) in [6, 6.07) is 9.61. The maximum Gasteiger partial charge on any atom is 0.408 e. The van der Waals surface area contributed by atoms with Crippen molar-refractivity contribution in [2.75, 3.05) is 32.8 Å². The van der Waals surface area contributed by atoms with Crippen LogP contribution in [0.15, 0.2) is 72.9 Å². The van der Waals surface area contributed by atoms with Crippen LogP contribution < -0.4 is 21.7 Å². The number of benzene rings is 2. The number of hydrogen-bond acceptors (Lipinski definition) is 9. The highest BCUT2D eigenvalue weighted by atomic mass is 19.1. The zero-order valence-corrected chi connectivity index (χ0v) is 37.1. The molecule has 7 N–H and O–H groups in total. The quantitative estimate of drug-likeness (QED) is 0.0714. The van der Waals surface area contributed by atoms with Gasteiger partial charge in [0.2, 0.25) is 29.5 Å². The van der Waals surface area contributed by atoms with Crippen LogP contribution in [0.25, 0.3) is 11.1 Å². The Balaban J connectivity index is 1.73. The lowest BCUT2D eigenvalue weighted by Crippen LogP contribution is -2.60. The molecule has 3 atom stereocenters. The number of aliphatic hydroxyl groups is 1. The molecule has 65 heavy (non-hydrogen) atoms. The van der Waals surface area contributed by atoms with Crippen molar-refractivity contribution in [3.05, 3.63) is 95.8 Å². The third kappa shape index (κ3) is 13.5. The standard InChI is InChI=1S/C45H56F2N8O10/c1-44(2,3)40(33-20-28(30-21-29(46)12-13-31(30)47)24-52(33)23-27-10-8-7-9-11-27)53(39(61)26-56)19-16-32(51-42(63)34(22-35(48)57)55(43(64)65)45(4,5)6)41(62)50-18-17-49-36(58)25-54-37(59)14-15-38(54)60/h7-15,20-21,24,32,34,40,56H,16-19,22-23,25-26H2,1-6H3,(H2,48,57)(H,49,58)(H,50,62)(H,51,63)(H,64,65). The van der Waals surface area contributed by atoms with Gasteiger partial charge in [0.15, 0.2) is 0 Å². The van der Waals surface area contributed by atoms with Gasteiger partial charge in [0.05, 0.1) is 12.5 Å². The summed E-state index contributed by atoms with van der Waals surface area (Å²) in [4.78, 5) is 106. The zero-order valence-electron chi connectivity index (χ0n) is 37.1. The minimum absolute atomic E-state index is 0.0485. The Morgan fingerprint density at radius 1 is 0.862 bits per heavy atom. The number of nitrogens with zero attached hydrogens (tertiary/aromatic N) is 4. The van der Waals surface area contributed by atoms with E-state index in [1.54, 1.807) is 16.8 Å². The monoisotopic (exact) mass is 906 g/mol. The molecule has 4 rings (SSSR count). The van der Waals surface area contributed by atoms with Gasteiger partial charge >= 0.3 is 6.09 Å². The van der Waals surface area contributed by atoms with Gasteiger partial charge in [-0.25, -0.2) is 13.6 Å². The summed E-state index contributed by atoms with van der Waals surface area (Å²) in [6.45, 7) is 7.74. The largest absolute Gasteiger partial charge is 0.465 e. The highest BCUT2D eigenvalue weighted by Crippen LogP contribution is 2.41. The smallest absolute Gasteiger partial charge is 0.408 e. The van der Waals surface area contributed by atoms with Gasteiger partial charge in [-0.1, -0.05) is 51.1 Å². The maximum absolute atomic E-state index is 15.3. The summed E-state index contributed by atoms with van der Waals surface area (Å²) >= 11 is 0. The number of primary amides is 1. The Hall–Kier alpha value is -6.96. The number of hydrogen-bond donors (Lipinski definition) is 6. The van der Waals surface area contributed by atoms with Crippen LogP contribution >= 0.6 is 0 Å². The van der Waals surface area contributed by atoms with Crippen molar-refractivity contribution in [3.63, 3.8) is 0 Å². The first kappa shape index (κ1) is 50.7. The van der Waals surface area contributed by atoms with Crippen LogP contribution in [0.4, 0.5) is 13.6 Å². The molecule has 0 saturated carbocycles. The second-order valence-electron chi connectivity index (χ2n) is 17.5. The summed E-state index contributed by atoms with van der Waals surface area (Å²) in [6.07, 6.45) is 0.958. The van der Waals surface area contributed by atoms with Gasteiger partial charge in [0.1, 0.15) is 36.9 Å². The Morgan fingerprint density at radius 2 is 1.49 bits per heavy atom. The minimum atomic E-state index is -1.72. The molecule has 0 aliphatic carbocycles. The van der Waals surface area contributed by atoms with Gasteiger partial charge in [0, 0.05) is 66.9 Å². The highest BCUT2D eigenvalue weighted by Gasteiger charge is 2.41. The molecule has 0 fully saturated rings. The van der Waals surface area contributed by atoms with Crippen molar-refractivity contribution in [3.8, 4) is 11.1 Å². The molecule has 2 heterocycles. The van der Waals surface area contributed by atoms with E-state index < -0.39 is 108 Å². The molecule has 1 aliphatic rings. The number of carboxylic acid groups (broad SMARTS) is 1. The number of nitrogens with two attached hydrogens (primary N) is 1. The van der Waals surface area contributed by atoms with Crippen molar-refractivity contribution in [1.82, 2.24) is 35.2 Å². The lowest BCUT2D eigenvalue weighted by molar-refractivity contribution is -0.141. The molecule has 0 spiro atoms. The van der Waals surface area contributed by atoms with E-state index in [-0.39, 0.29) is 43.7 Å². The summed E-state index contributed by atoms with van der Waals surface area (Å²) < 4.78 is 31.6.